The molecule has 0 spiro atoms. The molecule has 0 bridgehead atoms. The molecule has 104 valence electrons. The van der Waals surface area contributed by atoms with Gasteiger partial charge >= 0.3 is 0 Å². The van der Waals surface area contributed by atoms with Crippen LogP contribution in [0.3, 0.4) is 0 Å². The molecule has 0 atom stereocenters. The Morgan fingerprint density at radius 1 is 1.37 bits per heavy atom. The highest BCUT2D eigenvalue weighted by atomic mass is 16.5. The van der Waals surface area contributed by atoms with Crippen molar-refractivity contribution in [3.05, 3.63) is 29.3 Å². The highest BCUT2D eigenvalue weighted by Gasteiger charge is 2.31. The predicted octanol–water partition coefficient (Wildman–Crippen LogP) is 3.39. The second kappa shape index (κ2) is 6.20. The maximum Gasteiger partial charge on any atom is 0.166 e. The van der Waals surface area contributed by atoms with Crippen molar-refractivity contribution in [1.82, 2.24) is 0 Å². The number of hydrogen-bond acceptors (Lipinski definition) is 3. The zero-order chi connectivity index (χ0) is 13.8. The van der Waals surface area contributed by atoms with E-state index in [0.29, 0.717) is 29.8 Å². The molecule has 0 unspecified atom stereocenters. The second-order valence-electron chi connectivity index (χ2n) is 5.25. The molecule has 2 rings (SSSR count). The molecule has 0 aromatic heterocycles. The van der Waals surface area contributed by atoms with Gasteiger partial charge in [0.1, 0.15) is 5.75 Å². The molecule has 0 heterocycles. The molecule has 19 heavy (non-hydrogen) atoms. The van der Waals surface area contributed by atoms with Crippen molar-refractivity contribution in [3.63, 3.8) is 0 Å². The first-order chi connectivity index (χ1) is 9.13. The number of ketones is 1. The number of ether oxygens (including phenoxy) is 2. The Balaban J connectivity index is 1.95. The van der Waals surface area contributed by atoms with Gasteiger partial charge in [0.05, 0.1) is 18.8 Å². The molecule has 3 heteroatoms. The summed E-state index contributed by atoms with van der Waals surface area (Å²) in [5.74, 6) is 1.33. The van der Waals surface area contributed by atoms with E-state index in [2.05, 4.69) is 0 Å². The van der Waals surface area contributed by atoms with E-state index in [1.54, 1.807) is 7.11 Å². The first-order valence-electron chi connectivity index (χ1n) is 6.93. The Morgan fingerprint density at radius 3 is 2.74 bits per heavy atom. The van der Waals surface area contributed by atoms with Crippen molar-refractivity contribution in [3.8, 4) is 5.75 Å². The van der Waals surface area contributed by atoms with Gasteiger partial charge in [-0.3, -0.25) is 4.79 Å². The van der Waals surface area contributed by atoms with Crippen LogP contribution in [0.5, 0.6) is 5.75 Å². The number of rotatable bonds is 6. The Bertz CT molecular complexity index is 447. The topological polar surface area (TPSA) is 35.5 Å². The van der Waals surface area contributed by atoms with Crippen molar-refractivity contribution >= 4 is 5.78 Å². The van der Waals surface area contributed by atoms with Crippen LogP contribution in [-0.4, -0.2) is 25.6 Å². The van der Waals surface area contributed by atoms with Gasteiger partial charge in [-0.25, -0.2) is 0 Å². The van der Waals surface area contributed by atoms with Gasteiger partial charge in [-0.2, -0.15) is 0 Å². The third kappa shape index (κ3) is 3.35. The summed E-state index contributed by atoms with van der Waals surface area (Å²) < 4.78 is 10.8. The Morgan fingerprint density at radius 2 is 2.11 bits per heavy atom. The van der Waals surface area contributed by atoms with Gasteiger partial charge in [0, 0.05) is 13.0 Å². The summed E-state index contributed by atoms with van der Waals surface area (Å²) in [6.07, 6.45) is 2.98. The minimum atomic E-state index is 0.181. The molecular weight excluding hydrogens is 240 g/mol. The normalized spacial score (nSPS) is 21.8. The van der Waals surface area contributed by atoms with Gasteiger partial charge in [-0.15, -0.1) is 0 Å². The minimum absolute atomic E-state index is 0.181. The van der Waals surface area contributed by atoms with Gasteiger partial charge in [0.15, 0.2) is 5.78 Å². The molecule has 0 aliphatic heterocycles. The largest absolute Gasteiger partial charge is 0.496 e. The van der Waals surface area contributed by atoms with E-state index < -0.39 is 0 Å². The van der Waals surface area contributed by atoms with Crippen LogP contribution in [-0.2, 0) is 4.74 Å². The summed E-state index contributed by atoms with van der Waals surface area (Å²) in [6, 6.07) is 5.75. The Labute approximate surface area is 114 Å². The van der Waals surface area contributed by atoms with Gasteiger partial charge in [0.25, 0.3) is 0 Å². The molecule has 1 fully saturated rings. The van der Waals surface area contributed by atoms with Crippen molar-refractivity contribution in [2.45, 2.75) is 39.2 Å². The lowest BCUT2D eigenvalue weighted by molar-refractivity contribution is -0.0246. The first kappa shape index (κ1) is 14.1. The molecule has 0 radical (unpaired) electrons. The number of methoxy groups -OCH3 is 1. The van der Waals surface area contributed by atoms with Gasteiger partial charge < -0.3 is 9.47 Å². The Kier molecular flexibility index (Phi) is 4.59. The molecule has 3 nitrogen and oxygen atoms in total. The van der Waals surface area contributed by atoms with Crippen LogP contribution in [0.1, 0.15) is 42.1 Å². The molecule has 1 aromatic carbocycles. The van der Waals surface area contributed by atoms with Crippen molar-refractivity contribution in [2.24, 2.45) is 5.92 Å². The molecule has 1 aromatic rings. The van der Waals surface area contributed by atoms with E-state index in [4.69, 9.17) is 9.47 Å². The molecule has 0 N–H and O–H groups in total. The third-order valence-electron chi connectivity index (χ3n) is 3.72. The average Bonchev–Trinajstić information content (AvgIpc) is 2.36. The SMILES string of the molecule is CCOC1CC(CC(=O)c2cc(C)ccc2OC)C1. The van der Waals surface area contributed by atoms with Crippen LogP contribution in [0.15, 0.2) is 18.2 Å². The van der Waals surface area contributed by atoms with Crippen LogP contribution in [0.25, 0.3) is 0 Å². The van der Waals surface area contributed by atoms with E-state index in [1.807, 2.05) is 32.0 Å². The van der Waals surface area contributed by atoms with Gasteiger partial charge in [0.2, 0.25) is 0 Å². The zero-order valence-corrected chi connectivity index (χ0v) is 11.9. The molecule has 0 amide bonds. The van der Waals surface area contributed by atoms with E-state index in [1.165, 1.54) is 0 Å². The van der Waals surface area contributed by atoms with Crippen molar-refractivity contribution in [2.75, 3.05) is 13.7 Å². The zero-order valence-electron chi connectivity index (χ0n) is 11.9. The van der Waals surface area contributed by atoms with Crippen molar-refractivity contribution in [1.29, 1.82) is 0 Å². The predicted molar refractivity (Wildman–Crippen MR) is 74.8 cm³/mol. The maximum absolute atomic E-state index is 12.3. The summed E-state index contributed by atoms with van der Waals surface area (Å²) in [5.41, 5.74) is 1.80. The monoisotopic (exact) mass is 262 g/mol. The molecule has 1 aliphatic rings. The molecular formula is C16H22O3. The summed E-state index contributed by atoms with van der Waals surface area (Å²) in [4.78, 5) is 12.3. The lowest BCUT2D eigenvalue weighted by Crippen LogP contribution is -2.32. The number of benzene rings is 1. The van der Waals surface area contributed by atoms with E-state index >= 15 is 0 Å². The number of carbonyl (C=O) groups excluding carboxylic acids is 1. The number of aryl methyl sites for hydroxylation is 1. The van der Waals surface area contributed by atoms with E-state index in [-0.39, 0.29) is 5.78 Å². The van der Waals surface area contributed by atoms with Crippen LogP contribution in [0.4, 0.5) is 0 Å². The second-order valence-corrected chi connectivity index (χ2v) is 5.25. The number of Topliss-reactive ketones (excluding diaryl/α,β-unsaturated/α-hetero) is 1. The fourth-order valence-corrected chi connectivity index (χ4v) is 2.62. The lowest BCUT2D eigenvalue weighted by atomic mass is 9.78. The number of carbonyl (C=O) groups is 1. The molecule has 0 saturated heterocycles. The van der Waals surface area contributed by atoms with Crippen molar-refractivity contribution < 1.29 is 14.3 Å². The summed E-state index contributed by atoms with van der Waals surface area (Å²) >= 11 is 0. The lowest BCUT2D eigenvalue weighted by Gasteiger charge is -2.34. The molecule has 1 aliphatic carbocycles. The highest BCUT2D eigenvalue weighted by Crippen LogP contribution is 2.34. The fraction of sp³-hybridized carbons (Fsp3) is 0.562. The minimum Gasteiger partial charge on any atom is -0.496 e. The van der Waals surface area contributed by atoms with Crippen LogP contribution in [0.2, 0.25) is 0 Å². The number of hydrogen-bond donors (Lipinski definition) is 0. The van der Waals surface area contributed by atoms with Crippen LogP contribution >= 0.6 is 0 Å². The molecule has 1 saturated carbocycles. The summed E-state index contributed by atoms with van der Waals surface area (Å²) in [7, 11) is 1.61. The van der Waals surface area contributed by atoms with Crippen LogP contribution in [0, 0.1) is 12.8 Å². The van der Waals surface area contributed by atoms with Crippen LogP contribution < -0.4 is 4.74 Å². The summed E-state index contributed by atoms with van der Waals surface area (Å²) in [6.45, 7) is 4.76. The Hall–Kier alpha value is -1.35. The van der Waals surface area contributed by atoms with E-state index in [9.17, 15) is 4.79 Å². The van der Waals surface area contributed by atoms with Gasteiger partial charge in [-0.1, -0.05) is 11.6 Å². The smallest absolute Gasteiger partial charge is 0.166 e. The highest BCUT2D eigenvalue weighted by molar-refractivity contribution is 5.99. The quantitative estimate of drug-likeness (QED) is 0.737. The third-order valence-corrected chi connectivity index (χ3v) is 3.72. The first-order valence-corrected chi connectivity index (χ1v) is 6.93. The summed E-state index contributed by atoms with van der Waals surface area (Å²) in [5, 5.41) is 0. The van der Waals surface area contributed by atoms with E-state index in [0.717, 1.165) is 25.0 Å². The van der Waals surface area contributed by atoms with Gasteiger partial charge in [-0.05, 0) is 44.7 Å². The maximum atomic E-state index is 12.3. The average molecular weight is 262 g/mol. The standard InChI is InChI=1S/C16H22O3/c1-4-19-13-8-12(9-13)10-15(17)14-7-11(2)5-6-16(14)18-3/h5-7,12-13H,4,8-10H2,1-3H3. The fourth-order valence-electron chi connectivity index (χ4n) is 2.62.